The van der Waals surface area contributed by atoms with Gasteiger partial charge in [0, 0.05) is 17.7 Å². The predicted molar refractivity (Wildman–Crippen MR) is 69.0 cm³/mol. The molecule has 0 N–H and O–H groups in total. The highest BCUT2D eigenvalue weighted by Gasteiger charge is 2.05. The van der Waals surface area contributed by atoms with E-state index in [1.54, 1.807) is 23.9 Å². The number of methoxy groups -OCH3 is 1. The number of alkyl halides is 1. The van der Waals surface area contributed by atoms with Gasteiger partial charge in [0.05, 0.1) is 7.11 Å². The van der Waals surface area contributed by atoms with Crippen molar-refractivity contribution in [2.75, 3.05) is 18.7 Å². The van der Waals surface area contributed by atoms with E-state index in [0.29, 0.717) is 28.9 Å². The monoisotopic (exact) mass is 262 g/mol. The maximum absolute atomic E-state index is 13.5. The second-order valence-corrected chi connectivity index (χ2v) is 5.07. The Hall–Kier alpha value is -0.410. The topological polar surface area (TPSA) is 9.23 Å². The molecule has 1 atom stereocenters. The van der Waals surface area contributed by atoms with Crippen molar-refractivity contribution in [1.29, 1.82) is 0 Å². The summed E-state index contributed by atoms with van der Waals surface area (Å²) < 4.78 is 18.5. The zero-order valence-electron chi connectivity index (χ0n) is 9.50. The van der Waals surface area contributed by atoms with Crippen LogP contribution >= 0.6 is 23.4 Å². The van der Waals surface area contributed by atoms with Crippen LogP contribution in [0, 0.1) is 11.7 Å². The Morgan fingerprint density at radius 3 is 2.81 bits per heavy atom. The Morgan fingerprint density at radius 2 is 2.25 bits per heavy atom. The molecule has 0 saturated carbocycles. The molecule has 0 spiro atoms. The van der Waals surface area contributed by atoms with Crippen molar-refractivity contribution in [3.05, 3.63) is 29.6 Å². The molecule has 1 aromatic carbocycles. The van der Waals surface area contributed by atoms with E-state index in [-0.39, 0.29) is 5.82 Å². The molecule has 1 rings (SSSR count). The minimum Gasteiger partial charge on any atom is -0.497 e. The lowest BCUT2D eigenvalue weighted by Gasteiger charge is -2.08. The van der Waals surface area contributed by atoms with Crippen molar-refractivity contribution >= 4 is 23.4 Å². The maximum Gasteiger partial charge on any atom is 0.130 e. The third kappa shape index (κ3) is 4.22. The standard InChI is InChI=1S/C12H16ClFOS/c1-9(6-13)7-16-8-10-3-4-11(15-2)5-12(10)14/h3-5,9H,6-8H2,1-2H3. The van der Waals surface area contributed by atoms with Crippen LogP contribution in [0.1, 0.15) is 12.5 Å². The molecule has 0 aliphatic carbocycles. The second kappa shape index (κ2) is 7.02. The lowest BCUT2D eigenvalue weighted by molar-refractivity contribution is 0.411. The molecule has 0 aliphatic heterocycles. The number of halogens is 2. The summed E-state index contributed by atoms with van der Waals surface area (Å²) in [7, 11) is 1.53. The van der Waals surface area contributed by atoms with Gasteiger partial charge in [0.1, 0.15) is 11.6 Å². The minimum atomic E-state index is -0.203. The van der Waals surface area contributed by atoms with Crippen LogP contribution in [0.5, 0.6) is 5.75 Å². The third-order valence-electron chi connectivity index (χ3n) is 2.18. The van der Waals surface area contributed by atoms with E-state index >= 15 is 0 Å². The van der Waals surface area contributed by atoms with Gasteiger partial charge in [-0.05, 0) is 23.3 Å². The van der Waals surface area contributed by atoms with Crippen molar-refractivity contribution in [3.8, 4) is 5.75 Å². The highest BCUT2D eigenvalue weighted by Crippen LogP contribution is 2.21. The van der Waals surface area contributed by atoms with Gasteiger partial charge >= 0.3 is 0 Å². The number of thioether (sulfide) groups is 1. The number of rotatable bonds is 6. The smallest absolute Gasteiger partial charge is 0.130 e. The van der Waals surface area contributed by atoms with E-state index in [4.69, 9.17) is 16.3 Å². The predicted octanol–water partition coefficient (Wildman–Crippen LogP) is 3.94. The Balaban J connectivity index is 2.48. The van der Waals surface area contributed by atoms with Gasteiger partial charge in [0.2, 0.25) is 0 Å². The molecule has 0 saturated heterocycles. The Labute approximate surface area is 105 Å². The van der Waals surface area contributed by atoms with Crippen LogP contribution in [-0.4, -0.2) is 18.7 Å². The SMILES string of the molecule is COc1ccc(CSCC(C)CCl)c(F)c1. The van der Waals surface area contributed by atoms with Crippen LogP contribution in [0.25, 0.3) is 0 Å². The van der Waals surface area contributed by atoms with Crippen molar-refractivity contribution in [2.24, 2.45) is 5.92 Å². The van der Waals surface area contributed by atoms with Crippen LogP contribution < -0.4 is 4.74 Å². The zero-order chi connectivity index (χ0) is 12.0. The molecule has 1 aromatic rings. The normalized spacial score (nSPS) is 12.5. The average molecular weight is 263 g/mol. The molecule has 0 aliphatic rings. The molecular formula is C12H16ClFOS. The molecule has 90 valence electrons. The van der Waals surface area contributed by atoms with Crippen molar-refractivity contribution in [1.82, 2.24) is 0 Å². The molecule has 1 nitrogen and oxygen atoms in total. The zero-order valence-corrected chi connectivity index (χ0v) is 11.1. The molecule has 1 unspecified atom stereocenters. The maximum atomic E-state index is 13.5. The fourth-order valence-corrected chi connectivity index (χ4v) is 2.52. The third-order valence-corrected chi connectivity index (χ3v) is 4.03. The number of benzene rings is 1. The van der Waals surface area contributed by atoms with Crippen LogP contribution in [0.4, 0.5) is 4.39 Å². The average Bonchev–Trinajstić information content (AvgIpc) is 2.30. The Bertz CT molecular complexity index is 333. The molecule has 0 heterocycles. The molecule has 0 radical (unpaired) electrons. The highest BCUT2D eigenvalue weighted by molar-refractivity contribution is 7.98. The summed E-state index contributed by atoms with van der Waals surface area (Å²) in [6.07, 6.45) is 0. The number of hydrogen-bond acceptors (Lipinski definition) is 2. The van der Waals surface area contributed by atoms with E-state index < -0.39 is 0 Å². The van der Waals surface area contributed by atoms with E-state index in [9.17, 15) is 4.39 Å². The van der Waals surface area contributed by atoms with Gasteiger partial charge in [-0.2, -0.15) is 11.8 Å². The van der Waals surface area contributed by atoms with E-state index in [0.717, 1.165) is 5.75 Å². The lowest BCUT2D eigenvalue weighted by atomic mass is 10.2. The van der Waals surface area contributed by atoms with Crippen LogP contribution in [0.2, 0.25) is 0 Å². The molecule has 0 aromatic heterocycles. The van der Waals surface area contributed by atoms with Crippen molar-refractivity contribution < 1.29 is 9.13 Å². The van der Waals surface area contributed by atoms with E-state index in [1.165, 1.54) is 13.2 Å². The van der Waals surface area contributed by atoms with Gasteiger partial charge < -0.3 is 4.74 Å². The molecule has 0 bridgehead atoms. The van der Waals surface area contributed by atoms with E-state index in [2.05, 4.69) is 6.92 Å². The summed E-state index contributed by atoms with van der Waals surface area (Å²) in [6, 6.07) is 4.97. The molecular weight excluding hydrogens is 247 g/mol. The molecule has 0 fully saturated rings. The quantitative estimate of drug-likeness (QED) is 0.718. The van der Waals surface area contributed by atoms with Crippen molar-refractivity contribution in [3.63, 3.8) is 0 Å². The lowest BCUT2D eigenvalue weighted by Crippen LogP contribution is -2.00. The first-order valence-corrected chi connectivity index (χ1v) is 6.82. The van der Waals surface area contributed by atoms with E-state index in [1.807, 2.05) is 0 Å². The summed E-state index contributed by atoms with van der Waals surface area (Å²) in [6.45, 7) is 2.09. The Kier molecular flexibility index (Phi) is 5.99. The number of hydrogen-bond donors (Lipinski definition) is 0. The highest BCUT2D eigenvalue weighted by atomic mass is 35.5. The van der Waals surface area contributed by atoms with Gasteiger partial charge in [-0.15, -0.1) is 11.6 Å². The first-order valence-electron chi connectivity index (χ1n) is 5.13. The largest absolute Gasteiger partial charge is 0.497 e. The van der Waals surface area contributed by atoms with Crippen LogP contribution in [0.3, 0.4) is 0 Å². The van der Waals surface area contributed by atoms with Gasteiger partial charge in [-0.25, -0.2) is 4.39 Å². The molecule has 16 heavy (non-hydrogen) atoms. The van der Waals surface area contributed by atoms with Gasteiger partial charge in [-0.1, -0.05) is 13.0 Å². The van der Waals surface area contributed by atoms with Gasteiger partial charge in [-0.3, -0.25) is 0 Å². The summed E-state index contributed by atoms with van der Waals surface area (Å²) >= 11 is 7.40. The Morgan fingerprint density at radius 1 is 1.50 bits per heavy atom. The fraction of sp³-hybridized carbons (Fsp3) is 0.500. The molecule has 0 amide bonds. The van der Waals surface area contributed by atoms with Crippen molar-refractivity contribution in [2.45, 2.75) is 12.7 Å². The minimum absolute atomic E-state index is 0.203. The van der Waals surface area contributed by atoms with Gasteiger partial charge in [0.25, 0.3) is 0 Å². The second-order valence-electron chi connectivity index (χ2n) is 3.73. The van der Waals surface area contributed by atoms with Crippen LogP contribution in [-0.2, 0) is 5.75 Å². The molecule has 4 heteroatoms. The van der Waals surface area contributed by atoms with Crippen LogP contribution in [0.15, 0.2) is 18.2 Å². The fourth-order valence-electron chi connectivity index (χ4n) is 1.19. The number of ether oxygens (including phenoxy) is 1. The summed E-state index contributed by atoms with van der Waals surface area (Å²) in [4.78, 5) is 0. The first kappa shape index (κ1) is 13.7. The summed E-state index contributed by atoms with van der Waals surface area (Å²) in [5.41, 5.74) is 0.715. The van der Waals surface area contributed by atoms with Gasteiger partial charge in [0.15, 0.2) is 0 Å². The summed E-state index contributed by atoms with van der Waals surface area (Å²) in [5, 5.41) is 0. The summed E-state index contributed by atoms with van der Waals surface area (Å²) in [5.74, 6) is 3.10. The first-order chi connectivity index (χ1) is 7.67.